The molecule has 1 heterocycles. The van der Waals surface area contributed by atoms with Gasteiger partial charge in [-0.15, -0.1) is 0 Å². The van der Waals surface area contributed by atoms with Crippen molar-refractivity contribution < 1.29 is 4.39 Å². The highest BCUT2D eigenvalue weighted by molar-refractivity contribution is 5.97. The number of hydrogen-bond acceptors (Lipinski definition) is 6. The highest BCUT2D eigenvalue weighted by Gasteiger charge is 2.23. The maximum atomic E-state index is 13.2. The summed E-state index contributed by atoms with van der Waals surface area (Å²) in [5, 5.41) is 6.74. The summed E-state index contributed by atoms with van der Waals surface area (Å²) in [4.78, 5) is 8.44. The van der Waals surface area contributed by atoms with Crippen molar-refractivity contribution >= 4 is 11.8 Å². The minimum Gasteiger partial charge on any atom is -0.347 e. The second-order valence-corrected chi connectivity index (χ2v) is 5.00. The van der Waals surface area contributed by atoms with Crippen LogP contribution in [-0.4, -0.2) is 15.8 Å². The van der Waals surface area contributed by atoms with E-state index in [2.05, 4.69) is 25.8 Å². The van der Waals surface area contributed by atoms with Gasteiger partial charge < -0.3 is 16.6 Å². The van der Waals surface area contributed by atoms with Crippen LogP contribution in [0.4, 0.5) is 10.3 Å². The van der Waals surface area contributed by atoms with Crippen molar-refractivity contribution in [3.8, 4) is 0 Å². The van der Waals surface area contributed by atoms with Crippen molar-refractivity contribution in [1.82, 2.24) is 15.4 Å². The molecule has 1 unspecified atom stereocenters. The van der Waals surface area contributed by atoms with Crippen LogP contribution >= 0.6 is 0 Å². The second-order valence-electron chi connectivity index (χ2n) is 5.00. The molecule has 3 rings (SSSR count). The summed E-state index contributed by atoms with van der Waals surface area (Å²) in [5.41, 5.74) is 5.07. The highest BCUT2D eigenvalue weighted by Crippen LogP contribution is 2.33. The van der Waals surface area contributed by atoms with Gasteiger partial charge in [-0.1, -0.05) is 33.8 Å². The van der Waals surface area contributed by atoms with Crippen LogP contribution in [0.5, 0.6) is 0 Å². The average molecular weight is 361 g/mol. The predicted octanol–water partition coefficient (Wildman–Crippen LogP) is 2.85. The lowest BCUT2D eigenvalue weighted by Crippen LogP contribution is -2.32. The first-order valence-electron chi connectivity index (χ1n) is 8.83. The van der Waals surface area contributed by atoms with Crippen molar-refractivity contribution in [3.63, 3.8) is 0 Å². The second kappa shape index (κ2) is 11.0. The highest BCUT2D eigenvalue weighted by atomic mass is 19.1. The average Bonchev–Trinajstić information content (AvgIpc) is 3.09. The number of nitrogens with one attached hydrogen (secondary N) is 2. The number of benzene rings is 1. The Morgan fingerprint density at radius 2 is 1.85 bits per heavy atom. The Morgan fingerprint density at radius 3 is 2.42 bits per heavy atom. The Kier molecular flexibility index (Phi) is 9.00. The molecule has 0 amide bonds. The Bertz CT molecular complexity index is 701. The van der Waals surface area contributed by atoms with Crippen molar-refractivity contribution in [2.45, 2.75) is 46.6 Å². The third-order valence-electron chi connectivity index (χ3n) is 3.68. The molecule has 0 saturated heterocycles. The number of aromatic nitrogens is 2. The number of rotatable bonds is 3. The van der Waals surface area contributed by atoms with E-state index in [0.717, 1.165) is 24.0 Å². The number of hydrazine groups is 1. The van der Waals surface area contributed by atoms with Gasteiger partial charge in [0.05, 0.1) is 11.6 Å². The quantitative estimate of drug-likeness (QED) is 0.289. The first-order chi connectivity index (χ1) is 12.7. The van der Waals surface area contributed by atoms with Gasteiger partial charge in [-0.2, -0.15) is 5.10 Å². The zero-order chi connectivity index (χ0) is 19.5. The lowest BCUT2D eigenvalue weighted by Gasteiger charge is -2.14. The van der Waals surface area contributed by atoms with Gasteiger partial charge in [0.2, 0.25) is 5.95 Å². The SMILES string of the molecule is CC.CC.N/N=C(\NN)c1cnc(NC2CCc3cc(F)ccc32)nc1. The molecule has 0 radical (unpaired) electrons. The summed E-state index contributed by atoms with van der Waals surface area (Å²) in [7, 11) is 0. The lowest BCUT2D eigenvalue weighted by atomic mass is 10.1. The molecule has 142 valence electrons. The number of hydrogen-bond donors (Lipinski definition) is 4. The van der Waals surface area contributed by atoms with Gasteiger partial charge in [0.15, 0.2) is 5.84 Å². The summed E-state index contributed by atoms with van der Waals surface area (Å²) in [6, 6.07) is 4.94. The van der Waals surface area contributed by atoms with Gasteiger partial charge in [0.25, 0.3) is 0 Å². The number of hydrazone groups is 1. The fraction of sp³-hybridized carbons (Fsp3) is 0.389. The molecule has 2 aromatic rings. The molecule has 7 nitrogen and oxygen atoms in total. The zero-order valence-electron chi connectivity index (χ0n) is 15.8. The molecule has 1 aliphatic rings. The maximum absolute atomic E-state index is 13.2. The topological polar surface area (TPSA) is 114 Å². The van der Waals surface area contributed by atoms with Gasteiger partial charge >= 0.3 is 0 Å². The van der Waals surface area contributed by atoms with E-state index in [4.69, 9.17) is 11.7 Å². The van der Waals surface area contributed by atoms with E-state index in [-0.39, 0.29) is 11.9 Å². The van der Waals surface area contributed by atoms with E-state index in [1.54, 1.807) is 24.5 Å². The van der Waals surface area contributed by atoms with Crippen LogP contribution in [-0.2, 0) is 6.42 Å². The Morgan fingerprint density at radius 1 is 1.19 bits per heavy atom. The Labute approximate surface area is 154 Å². The maximum Gasteiger partial charge on any atom is 0.223 e. The summed E-state index contributed by atoms with van der Waals surface area (Å²) < 4.78 is 13.2. The number of amidine groups is 1. The summed E-state index contributed by atoms with van der Waals surface area (Å²) in [5.74, 6) is 11.1. The molecule has 0 bridgehead atoms. The van der Waals surface area contributed by atoms with Crippen molar-refractivity contribution in [2.24, 2.45) is 16.8 Å². The summed E-state index contributed by atoms with van der Waals surface area (Å²) >= 11 is 0. The molecule has 1 aliphatic carbocycles. The van der Waals surface area contributed by atoms with Crippen LogP contribution in [0.1, 0.15) is 56.8 Å². The van der Waals surface area contributed by atoms with Gasteiger partial charge in [-0.3, -0.25) is 0 Å². The molecule has 0 aliphatic heterocycles. The van der Waals surface area contributed by atoms with Gasteiger partial charge in [-0.05, 0) is 36.1 Å². The number of aryl methyl sites for hydroxylation is 1. The predicted molar refractivity (Wildman–Crippen MR) is 104 cm³/mol. The van der Waals surface area contributed by atoms with E-state index in [0.29, 0.717) is 17.3 Å². The minimum atomic E-state index is -0.206. The smallest absolute Gasteiger partial charge is 0.223 e. The first kappa shape index (κ1) is 21.3. The molecule has 1 aromatic carbocycles. The van der Waals surface area contributed by atoms with E-state index < -0.39 is 0 Å². The molecule has 1 aromatic heterocycles. The van der Waals surface area contributed by atoms with Crippen molar-refractivity contribution in [2.75, 3.05) is 5.32 Å². The molecule has 0 spiro atoms. The van der Waals surface area contributed by atoms with Crippen LogP contribution in [0, 0.1) is 5.82 Å². The lowest BCUT2D eigenvalue weighted by molar-refractivity contribution is 0.626. The molecular weight excluding hydrogens is 333 g/mol. The summed E-state index contributed by atoms with van der Waals surface area (Å²) in [6.07, 6.45) is 4.86. The number of anilines is 1. The monoisotopic (exact) mass is 361 g/mol. The summed E-state index contributed by atoms with van der Waals surface area (Å²) in [6.45, 7) is 8.00. The number of halogens is 1. The van der Waals surface area contributed by atoms with Crippen LogP contribution in [0.15, 0.2) is 35.7 Å². The van der Waals surface area contributed by atoms with E-state index in [9.17, 15) is 4.39 Å². The molecule has 26 heavy (non-hydrogen) atoms. The van der Waals surface area contributed by atoms with Crippen molar-refractivity contribution in [3.05, 3.63) is 53.1 Å². The van der Waals surface area contributed by atoms with Crippen LogP contribution in [0.2, 0.25) is 0 Å². The van der Waals surface area contributed by atoms with E-state index in [1.165, 1.54) is 6.07 Å². The standard InChI is InChI=1S/C14H16FN7.2C2H6/c15-10-2-3-11-8(5-10)1-4-12(11)20-14-18-6-9(7-19-14)13(21-16)22-17;2*1-2/h2-3,5-7,12H,1,4,16-17H2,(H,21,22)(H,18,19,20);2*1-2H3. The fourth-order valence-corrected chi connectivity index (χ4v) is 2.61. The molecule has 8 heteroatoms. The van der Waals surface area contributed by atoms with Crippen LogP contribution in [0.3, 0.4) is 0 Å². The Hall–Kier alpha value is -2.74. The van der Waals surface area contributed by atoms with Crippen LogP contribution < -0.4 is 22.4 Å². The van der Waals surface area contributed by atoms with Gasteiger partial charge in [0, 0.05) is 12.4 Å². The van der Waals surface area contributed by atoms with E-state index >= 15 is 0 Å². The third-order valence-corrected chi connectivity index (χ3v) is 3.68. The van der Waals surface area contributed by atoms with Crippen molar-refractivity contribution in [1.29, 1.82) is 0 Å². The molecule has 0 fully saturated rings. The molecule has 0 saturated carbocycles. The zero-order valence-corrected chi connectivity index (χ0v) is 15.8. The minimum absolute atomic E-state index is 0.0803. The molecule has 1 atom stereocenters. The van der Waals surface area contributed by atoms with Gasteiger partial charge in [0.1, 0.15) is 5.82 Å². The normalized spacial score (nSPS) is 15.0. The number of nitrogens with zero attached hydrogens (tertiary/aromatic N) is 3. The van der Waals surface area contributed by atoms with E-state index in [1.807, 2.05) is 27.7 Å². The molecule has 6 N–H and O–H groups in total. The number of fused-ring (bicyclic) bond motifs is 1. The largest absolute Gasteiger partial charge is 0.347 e. The fourth-order valence-electron chi connectivity index (χ4n) is 2.61. The Balaban J connectivity index is 0.000000791. The van der Waals surface area contributed by atoms with Gasteiger partial charge in [-0.25, -0.2) is 20.2 Å². The number of nitrogens with two attached hydrogens (primary N) is 2. The molecular formula is C18H28FN7. The third kappa shape index (κ3) is 5.13. The van der Waals surface area contributed by atoms with Crippen LogP contribution in [0.25, 0.3) is 0 Å². The first-order valence-corrected chi connectivity index (χ1v) is 8.83.